The lowest BCUT2D eigenvalue weighted by Gasteiger charge is -2.16. The highest BCUT2D eigenvalue weighted by molar-refractivity contribution is 5.81. The van der Waals surface area contributed by atoms with Gasteiger partial charge in [0.2, 0.25) is 5.91 Å². The van der Waals surface area contributed by atoms with Gasteiger partial charge in [0.25, 0.3) is 5.56 Å². The summed E-state index contributed by atoms with van der Waals surface area (Å²) >= 11 is 0. The van der Waals surface area contributed by atoms with Crippen molar-refractivity contribution in [2.24, 2.45) is 0 Å². The number of benzene rings is 1. The van der Waals surface area contributed by atoms with Gasteiger partial charge in [-0.3, -0.25) is 14.2 Å². The number of nitrogens with zero attached hydrogens (tertiary/aromatic N) is 4. The third-order valence-corrected chi connectivity index (χ3v) is 5.74. The molecule has 168 valence electrons. The summed E-state index contributed by atoms with van der Waals surface area (Å²) in [7, 11) is 0. The number of hydrogen-bond donors (Lipinski definition) is 3. The van der Waals surface area contributed by atoms with Gasteiger partial charge in [-0.15, -0.1) is 0 Å². The smallest absolute Gasteiger partial charge is 0.277 e. The molecule has 9 nitrogen and oxygen atoms in total. The van der Waals surface area contributed by atoms with Crippen molar-refractivity contribution in [2.45, 2.75) is 45.8 Å². The van der Waals surface area contributed by atoms with Crippen molar-refractivity contribution < 1.29 is 4.79 Å². The number of nitrogen functional groups attached to an aromatic ring is 1. The van der Waals surface area contributed by atoms with Crippen LogP contribution in [-0.4, -0.2) is 20.4 Å². The molecule has 1 aliphatic heterocycles. The normalized spacial score (nSPS) is 14.4. The molecule has 33 heavy (non-hydrogen) atoms. The van der Waals surface area contributed by atoms with Crippen molar-refractivity contribution in [3.8, 4) is 6.07 Å². The molecule has 0 bridgehead atoms. The number of anilines is 2. The van der Waals surface area contributed by atoms with Crippen LogP contribution in [0.4, 0.5) is 11.5 Å². The Bertz CT molecular complexity index is 1320. The van der Waals surface area contributed by atoms with E-state index < -0.39 is 6.04 Å². The molecule has 0 saturated carbocycles. The average molecular weight is 444 g/mol. The van der Waals surface area contributed by atoms with Crippen LogP contribution in [0.15, 0.2) is 41.3 Å². The van der Waals surface area contributed by atoms with Gasteiger partial charge in [-0.25, -0.2) is 9.97 Å². The van der Waals surface area contributed by atoms with E-state index in [1.165, 1.54) is 10.8 Å². The third-order valence-electron chi connectivity index (χ3n) is 5.74. The number of aromatic nitrogens is 3. The second-order valence-electron chi connectivity index (χ2n) is 8.19. The predicted molar refractivity (Wildman–Crippen MR) is 124 cm³/mol. The van der Waals surface area contributed by atoms with Crippen LogP contribution < -0.4 is 21.9 Å². The number of rotatable bonds is 6. The molecular weight excluding hydrogens is 418 g/mol. The van der Waals surface area contributed by atoms with E-state index >= 15 is 0 Å². The quantitative estimate of drug-likeness (QED) is 0.530. The highest BCUT2D eigenvalue weighted by Gasteiger charge is 2.31. The Kier molecular flexibility index (Phi) is 6.09. The molecule has 1 atom stereocenters. The Labute approximate surface area is 191 Å². The number of nitrogens with two attached hydrogens (primary N) is 1. The fourth-order valence-corrected chi connectivity index (χ4v) is 4.10. The van der Waals surface area contributed by atoms with E-state index in [0.717, 1.165) is 22.4 Å². The number of nitrogens with one attached hydrogen (secondary N) is 2. The highest BCUT2D eigenvalue weighted by atomic mass is 16.2. The number of fused-ring (bicyclic) bond motifs is 1. The van der Waals surface area contributed by atoms with Gasteiger partial charge in [-0.05, 0) is 55.2 Å². The Morgan fingerprint density at radius 3 is 2.85 bits per heavy atom. The minimum absolute atomic E-state index is 0.233. The van der Waals surface area contributed by atoms with Crippen LogP contribution in [0.5, 0.6) is 0 Å². The van der Waals surface area contributed by atoms with Crippen LogP contribution in [0.3, 0.4) is 0 Å². The molecule has 9 heteroatoms. The number of pyridine rings is 1. The fraction of sp³-hybridized carbons (Fsp3) is 0.292. The van der Waals surface area contributed by atoms with Gasteiger partial charge in [-0.1, -0.05) is 12.1 Å². The first-order valence-corrected chi connectivity index (χ1v) is 10.7. The monoisotopic (exact) mass is 443 g/mol. The molecule has 3 aromatic rings. The summed E-state index contributed by atoms with van der Waals surface area (Å²) in [6.07, 6.45) is 2.58. The molecule has 0 aliphatic carbocycles. The maximum atomic E-state index is 13.2. The Hall–Kier alpha value is -4.19. The van der Waals surface area contributed by atoms with Gasteiger partial charge >= 0.3 is 0 Å². The summed E-state index contributed by atoms with van der Waals surface area (Å²) < 4.78 is 1.47. The second-order valence-corrected chi connectivity index (χ2v) is 8.19. The fourth-order valence-electron chi connectivity index (χ4n) is 4.10. The van der Waals surface area contributed by atoms with Crippen molar-refractivity contribution in [1.29, 1.82) is 5.26 Å². The Morgan fingerprint density at radius 2 is 2.09 bits per heavy atom. The topological polar surface area (TPSA) is 139 Å². The molecule has 2 aromatic heterocycles. The largest absolute Gasteiger partial charge is 0.384 e. The Balaban J connectivity index is 1.49. The van der Waals surface area contributed by atoms with Gasteiger partial charge in [0.05, 0.1) is 17.8 Å². The number of aryl methyl sites for hydroxylation is 3. The second kappa shape index (κ2) is 9.12. The summed E-state index contributed by atoms with van der Waals surface area (Å²) in [6.45, 7) is 4.43. The lowest BCUT2D eigenvalue weighted by molar-refractivity contribution is -0.124. The lowest BCUT2D eigenvalue weighted by atomic mass is 10.1. The molecule has 0 radical (unpaired) electrons. The molecule has 0 saturated heterocycles. The number of carbonyl (C=O) groups excluding carboxylic acids is 1. The molecule has 1 unspecified atom stereocenters. The first-order chi connectivity index (χ1) is 15.9. The van der Waals surface area contributed by atoms with Gasteiger partial charge in [0, 0.05) is 25.2 Å². The molecule has 4 N–H and O–H groups in total. The zero-order valence-electron chi connectivity index (χ0n) is 18.6. The Morgan fingerprint density at radius 1 is 1.27 bits per heavy atom. The zero-order valence-corrected chi connectivity index (χ0v) is 18.6. The SMILES string of the molecule is Cc1cc(C#N)cc(CNc2cnc3n(c2=O)C(C(=O)NCc2ccc(N)nc2C)CC3)c1. The summed E-state index contributed by atoms with van der Waals surface area (Å²) in [4.78, 5) is 34.7. The highest BCUT2D eigenvalue weighted by Crippen LogP contribution is 2.23. The van der Waals surface area contributed by atoms with Crippen LogP contribution in [0.25, 0.3) is 0 Å². The number of nitriles is 1. The standard InChI is InChI=1S/C24H25N7O2/c1-14-7-16(10-25)9-17(8-14)11-27-19-13-28-22-6-4-20(31(22)24(19)33)23(32)29-12-18-3-5-21(26)30-15(18)2/h3,5,7-9,13,20,27H,4,6,11-12H2,1-2H3,(H2,26,30)(H,29,32). The number of carbonyl (C=O) groups is 1. The van der Waals surface area contributed by atoms with Crippen LogP contribution >= 0.6 is 0 Å². The molecular formula is C24H25N7O2. The summed E-state index contributed by atoms with van der Waals surface area (Å²) in [5, 5.41) is 15.2. The minimum Gasteiger partial charge on any atom is -0.384 e. The van der Waals surface area contributed by atoms with Gasteiger partial charge in [0.15, 0.2) is 0 Å². The predicted octanol–water partition coefficient (Wildman–Crippen LogP) is 2.12. The number of amides is 1. The van der Waals surface area contributed by atoms with Crippen LogP contribution in [0, 0.1) is 25.2 Å². The molecule has 1 amide bonds. The zero-order chi connectivity index (χ0) is 23.5. The summed E-state index contributed by atoms with van der Waals surface area (Å²) in [5.41, 5.74) is 9.77. The van der Waals surface area contributed by atoms with Crippen molar-refractivity contribution in [3.05, 3.63) is 80.7 Å². The first-order valence-electron chi connectivity index (χ1n) is 10.7. The molecule has 0 fully saturated rings. The van der Waals surface area contributed by atoms with Crippen molar-refractivity contribution in [3.63, 3.8) is 0 Å². The average Bonchev–Trinajstić information content (AvgIpc) is 3.22. The van der Waals surface area contributed by atoms with Crippen LogP contribution in [-0.2, 0) is 24.3 Å². The van der Waals surface area contributed by atoms with E-state index in [1.54, 1.807) is 18.2 Å². The van der Waals surface area contributed by atoms with Gasteiger partial charge in [0.1, 0.15) is 23.4 Å². The van der Waals surface area contributed by atoms with Crippen molar-refractivity contribution in [1.82, 2.24) is 19.9 Å². The number of hydrogen-bond acceptors (Lipinski definition) is 7. The van der Waals surface area contributed by atoms with E-state index in [4.69, 9.17) is 11.0 Å². The molecule has 3 heterocycles. The van der Waals surface area contributed by atoms with E-state index in [-0.39, 0.29) is 11.5 Å². The van der Waals surface area contributed by atoms with Crippen molar-refractivity contribution in [2.75, 3.05) is 11.1 Å². The maximum absolute atomic E-state index is 13.2. The van der Waals surface area contributed by atoms with E-state index in [0.29, 0.717) is 48.8 Å². The van der Waals surface area contributed by atoms with E-state index in [2.05, 4.69) is 26.7 Å². The molecule has 0 spiro atoms. The summed E-state index contributed by atoms with van der Waals surface area (Å²) in [6, 6.07) is 10.6. The van der Waals surface area contributed by atoms with Crippen LogP contribution in [0.2, 0.25) is 0 Å². The first kappa shape index (κ1) is 22.0. The third kappa shape index (κ3) is 4.70. The molecule has 4 rings (SSSR count). The lowest BCUT2D eigenvalue weighted by Crippen LogP contribution is -2.36. The van der Waals surface area contributed by atoms with Gasteiger partial charge < -0.3 is 16.4 Å². The van der Waals surface area contributed by atoms with E-state index in [1.807, 2.05) is 26.0 Å². The maximum Gasteiger partial charge on any atom is 0.277 e. The van der Waals surface area contributed by atoms with Gasteiger partial charge in [-0.2, -0.15) is 5.26 Å². The summed E-state index contributed by atoms with van der Waals surface area (Å²) in [5.74, 6) is 0.793. The minimum atomic E-state index is -0.618. The van der Waals surface area contributed by atoms with E-state index in [9.17, 15) is 9.59 Å². The van der Waals surface area contributed by atoms with Crippen LogP contribution in [0.1, 0.15) is 46.2 Å². The molecule has 1 aliphatic rings. The van der Waals surface area contributed by atoms with Crippen molar-refractivity contribution >= 4 is 17.4 Å². The molecule has 1 aromatic carbocycles.